The van der Waals surface area contributed by atoms with Gasteiger partial charge in [-0.1, -0.05) is 6.92 Å². The van der Waals surface area contributed by atoms with Crippen LogP contribution in [0.25, 0.3) is 0 Å². The summed E-state index contributed by atoms with van der Waals surface area (Å²) in [6.07, 6.45) is 3.42. The Hall–Kier alpha value is -1.63. The predicted octanol–water partition coefficient (Wildman–Crippen LogP) is 2.02. The van der Waals surface area contributed by atoms with Crippen LogP contribution >= 0.6 is 0 Å². The molecule has 2 heterocycles. The summed E-state index contributed by atoms with van der Waals surface area (Å²) < 4.78 is 1.72. The highest BCUT2D eigenvalue weighted by Crippen LogP contribution is 2.28. The first-order chi connectivity index (χ1) is 9.63. The molecule has 112 valence electrons. The van der Waals surface area contributed by atoms with Crippen LogP contribution in [0.5, 0.6) is 0 Å². The molecule has 0 saturated carbocycles. The maximum atomic E-state index is 11.2. The monoisotopic (exact) mass is 281 g/mol. The van der Waals surface area contributed by atoms with E-state index in [4.69, 9.17) is 0 Å². The van der Waals surface area contributed by atoms with Crippen LogP contribution < -0.4 is 5.32 Å². The first-order valence-corrected chi connectivity index (χ1v) is 7.31. The molecular formula is C13H23N5O2. The lowest BCUT2D eigenvalue weighted by Gasteiger charge is -2.15. The van der Waals surface area contributed by atoms with Gasteiger partial charge in [0, 0.05) is 19.6 Å². The normalized spacial score (nSPS) is 15.7. The Labute approximate surface area is 119 Å². The van der Waals surface area contributed by atoms with Gasteiger partial charge in [0.2, 0.25) is 5.82 Å². The molecule has 7 nitrogen and oxygen atoms in total. The number of nitrogens with zero attached hydrogens (tertiary/aromatic N) is 4. The second kappa shape index (κ2) is 6.69. The zero-order chi connectivity index (χ0) is 14.5. The SMILES string of the molecule is CCCn1nc(C)c([N+](=O)[O-])c1NCCN1CCCC1. The smallest absolute Gasteiger partial charge is 0.333 e. The van der Waals surface area contributed by atoms with Gasteiger partial charge in [0.25, 0.3) is 0 Å². The van der Waals surface area contributed by atoms with E-state index in [2.05, 4.69) is 15.3 Å². The van der Waals surface area contributed by atoms with Gasteiger partial charge in [-0.25, -0.2) is 4.68 Å². The molecule has 7 heteroatoms. The van der Waals surface area contributed by atoms with E-state index in [9.17, 15) is 10.1 Å². The highest BCUT2D eigenvalue weighted by Gasteiger charge is 2.24. The Kier molecular flexibility index (Phi) is 4.94. The van der Waals surface area contributed by atoms with Gasteiger partial charge >= 0.3 is 5.69 Å². The molecule has 2 rings (SSSR count). The Bertz CT molecular complexity index is 466. The number of likely N-dealkylation sites (tertiary alicyclic amines) is 1. The minimum Gasteiger partial charge on any atom is -0.363 e. The number of rotatable bonds is 7. The number of aryl methyl sites for hydroxylation is 2. The lowest BCUT2D eigenvalue weighted by molar-refractivity contribution is -0.384. The standard InChI is InChI=1S/C13H23N5O2/c1-3-7-17-13(12(18(19)20)11(2)15-17)14-6-10-16-8-4-5-9-16/h14H,3-10H2,1-2H3. The predicted molar refractivity (Wildman–Crippen MR) is 78.1 cm³/mol. The molecule has 0 bridgehead atoms. The summed E-state index contributed by atoms with van der Waals surface area (Å²) in [5.74, 6) is 0.550. The van der Waals surface area contributed by atoms with Crippen LogP contribution in [0.15, 0.2) is 0 Å². The average molecular weight is 281 g/mol. The fourth-order valence-corrected chi connectivity index (χ4v) is 2.68. The molecule has 0 unspecified atom stereocenters. The van der Waals surface area contributed by atoms with Gasteiger partial charge in [0.15, 0.2) is 0 Å². The summed E-state index contributed by atoms with van der Waals surface area (Å²) in [4.78, 5) is 13.2. The number of aromatic nitrogens is 2. The first-order valence-electron chi connectivity index (χ1n) is 7.31. The van der Waals surface area contributed by atoms with Crippen LogP contribution in [0.2, 0.25) is 0 Å². The third-order valence-electron chi connectivity index (χ3n) is 3.63. The Morgan fingerprint density at radius 3 is 2.65 bits per heavy atom. The minimum atomic E-state index is -0.341. The van der Waals surface area contributed by atoms with Gasteiger partial charge in [-0.15, -0.1) is 0 Å². The van der Waals surface area contributed by atoms with Gasteiger partial charge in [-0.2, -0.15) is 5.10 Å². The second-order valence-corrected chi connectivity index (χ2v) is 5.24. The Morgan fingerprint density at radius 2 is 2.05 bits per heavy atom. The number of hydrogen-bond donors (Lipinski definition) is 1. The molecule has 1 aliphatic rings. The summed E-state index contributed by atoms with van der Waals surface area (Å²) in [5.41, 5.74) is 0.590. The number of hydrogen-bond acceptors (Lipinski definition) is 5. The first kappa shape index (κ1) is 14.8. The fraction of sp³-hybridized carbons (Fsp3) is 0.769. The molecule has 1 saturated heterocycles. The van der Waals surface area contributed by atoms with Crippen molar-refractivity contribution in [3.63, 3.8) is 0 Å². The molecule has 1 aromatic rings. The van der Waals surface area contributed by atoms with Crippen LogP contribution in [0, 0.1) is 17.0 Å². The topological polar surface area (TPSA) is 76.2 Å². The molecule has 1 N–H and O–H groups in total. The number of nitro groups is 1. The van der Waals surface area contributed by atoms with Gasteiger partial charge in [0.1, 0.15) is 5.69 Å². The molecule has 0 amide bonds. The number of anilines is 1. The quantitative estimate of drug-likeness (QED) is 0.611. The molecular weight excluding hydrogens is 258 g/mol. The molecule has 1 fully saturated rings. The average Bonchev–Trinajstić information content (AvgIpc) is 2.99. The van der Waals surface area contributed by atoms with Crippen LogP contribution in [0.1, 0.15) is 31.9 Å². The summed E-state index contributed by atoms with van der Waals surface area (Å²) in [7, 11) is 0. The Balaban J connectivity index is 2.04. The van der Waals surface area contributed by atoms with Crippen molar-refractivity contribution in [3.05, 3.63) is 15.8 Å². The summed E-state index contributed by atoms with van der Waals surface area (Å²) in [5, 5.41) is 18.7. The van der Waals surface area contributed by atoms with E-state index in [1.54, 1.807) is 11.6 Å². The summed E-state index contributed by atoms with van der Waals surface area (Å²) >= 11 is 0. The van der Waals surface area contributed by atoms with Gasteiger partial charge in [-0.05, 0) is 39.3 Å². The van der Waals surface area contributed by atoms with Crippen molar-refractivity contribution in [3.8, 4) is 0 Å². The minimum absolute atomic E-state index is 0.111. The summed E-state index contributed by atoms with van der Waals surface area (Å²) in [6.45, 7) is 8.34. The molecule has 0 aromatic carbocycles. The van der Waals surface area contributed by atoms with Gasteiger partial charge in [-0.3, -0.25) is 10.1 Å². The molecule has 0 aliphatic carbocycles. The van der Waals surface area contributed by atoms with Gasteiger partial charge in [0.05, 0.1) is 4.92 Å². The van der Waals surface area contributed by atoms with Crippen molar-refractivity contribution in [1.29, 1.82) is 0 Å². The zero-order valence-electron chi connectivity index (χ0n) is 12.3. The zero-order valence-corrected chi connectivity index (χ0v) is 12.3. The van der Waals surface area contributed by atoms with Crippen LogP contribution in [0.3, 0.4) is 0 Å². The molecule has 1 aromatic heterocycles. The highest BCUT2D eigenvalue weighted by atomic mass is 16.6. The van der Waals surface area contributed by atoms with Crippen molar-refractivity contribution < 1.29 is 4.92 Å². The van der Waals surface area contributed by atoms with Crippen molar-refractivity contribution in [1.82, 2.24) is 14.7 Å². The molecule has 1 aliphatic heterocycles. The molecule has 20 heavy (non-hydrogen) atoms. The van der Waals surface area contributed by atoms with E-state index in [1.807, 2.05) is 6.92 Å². The van der Waals surface area contributed by atoms with Crippen molar-refractivity contribution in [2.75, 3.05) is 31.5 Å². The largest absolute Gasteiger partial charge is 0.363 e. The van der Waals surface area contributed by atoms with Crippen LogP contribution in [-0.2, 0) is 6.54 Å². The fourth-order valence-electron chi connectivity index (χ4n) is 2.68. The molecule has 0 spiro atoms. The van der Waals surface area contributed by atoms with E-state index in [0.29, 0.717) is 18.1 Å². The van der Waals surface area contributed by atoms with E-state index in [1.165, 1.54) is 12.8 Å². The Morgan fingerprint density at radius 1 is 1.35 bits per heavy atom. The molecule has 0 radical (unpaired) electrons. The third kappa shape index (κ3) is 3.27. The van der Waals surface area contributed by atoms with Gasteiger partial charge < -0.3 is 10.2 Å². The summed E-state index contributed by atoms with van der Waals surface area (Å²) in [6, 6.07) is 0. The van der Waals surface area contributed by atoms with E-state index < -0.39 is 0 Å². The van der Waals surface area contributed by atoms with Crippen molar-refractivity contribution in [2.24, 2.45) is 0 Å². The lowest BCUT2D eigenvalue weighted by atomic mass is 10.3. The maximum Gasteiger partial charge on any atom is 0.333 e. The van der Waals surface area contributed by atoms with Crippen LogP contribution in [0.4, 0.5) is 11.5 Å². The highest BCUT2D eigenvalue weighted by molar-refractivity contribution is 5.59. The van der Waals surface area contributed by atoms with E-state index in [-0.39, 0.29) is 10.6 Å². The van der Waals surface area contributed by atoms with E-state index in [0.717, 1.165) is 32.6 Å². The van der Waals surface area contributed by atoms with Crippen LogP contribution in [-0.4, -0.2) is 45.8 Å². The van der Waals surface area contributed by atoms with Crippen molar-refractivity contribution in [2.45, 2.75) is 39.7 Å². The lowest BCUT2D eigenvalue weighted by Crippen LogP contribution is -2.26. The second-order valence-electron chi connectivity index (χ2n) is 5.24. The number of nitrogens with one attached hydrogen (secondary N) is 1. The maximum absolute atomic E-state index is 11.2. The van der Waals surface area contributed by atoms with E-state index >= 15 is 0 Å². The molecule has 0 atom stereocenters. The van der Waals surface area contributed by atoms with Crippen molar-refractivity contribution >= 4 is 11.5 Å². The third-order valence-corrected chi connectivity index (χ3v) is 3.63.